The number of hydrogen-bond acceptors (Lipinski definition) is 4. The van der Waals surface area contributed by atoms with Crippen LogP contribution in [0.1, 0.15) is 19.4 Å². The maximum Gasteiger partial charge on any atom is 0.244 e. The largest absolute Gasteiger partial charge is 0.497 e. The second-order valence-corrected chi connectivity index (χ2v) is 6.02. The van der Waals surface area contributed by atoms with E-state index in [-0.39, 0.29) is 18.4 Å². The van der Waals surface area contributed by atoms with Crippen molar-refractivity contribution in [1.29, 1.82) is 0 Å². The van der Waals surface area contributed by atoms with Crippen molar-refractivity contribution >= 4 is 17.5 Å². The third-order valence-corrected chi connectivity index (χ3v) is 4.05. The molecule has 0 aliphatic heterocycles. The average molecular weight is 370 g/mol. The van der Waals surface area contributed by atoms with E-state index in [1.165, 1.54) is 11.8 Å². The highest BCUT2D eigenvalue weighted by Gasteiger charge is 2.15. The van der Waals surface area contributed by atoms with Crippen LogP contribution in [0.3, 0.4) is 0 Å². The normalized spacial score (nSPS) is 10.2. The second kappa shape index (κ2) is 10.2. The van der Waals surface area contributed by atoms with Crippen LogP contribution in [-0.2, 0) is 16.0 Å². The summed E-state index contributed by atoms with van der Waals surface area (Å²) in [6.07, 6.45) is 0.638. The third-order valence-electron chi connectivity index (χ3n) is 4.05. The summed E-state index contributed by atoms with van der Waals surface area (Å²) in [7, 11) is 1.62. The Balaban J connectivity index is 1.97. The fourth-order valence-corrected chi connectivity index (χ4v) is 2.65. The lowest BCUT2D eigenvalue weighted by molar-refractivity contribution is -0.132. The van der Waals surface area contributed by atoms with Gasteiger partial charge < -0.3 is 19.7 Å². The van der Waals surface area contributed by atoms with E-state index in [0.29, 0.717) is 31.0 Å². The van der Waals surface area contributed by atoms with Crippen LogP contribution in [0.25, 0.3) is 0 Å². The Morgan fingerprint density at radius 1 is 1.11 bits per heavy atom. The lowest BCUT2D eigenvalue weighted by Crippen LogP contribution is -2.38. The number of hydrogen-bond donors (Lipinski definition) is 1. The molecular formula is C21H26N2O4. The number of rotatable bonds is 9. The zero-order chi connectivity index (χ0) is 19.6. The maximum atomic E-state index is 12.4. The molecule has 0 spiro atoms. The third kappa shape index (κ3) is 6.33. The predicted molar refractivity (Wildman–Crippen MR) is 105 cm³/mol. The average Bonchev–Trinajstić information content (AvgIpc) is 2.66. The molecule has 2 rings (SSSR count). The summed E-state index contributed by atoms with van der Waals surface area (Å²) in [4.78, 5) is 25.9. The fourth-order valence-electron chi connectivity index (χ4n) is 2.65. The number of anilines is 1. The van der Waals surface area contributed by atoms with Crippen LogP contribution >= 0.6 is 0 Å². The number of methoxy groups -OCH3 is 1. The van der Waals surface area contributed by atoms with Crippen LogP contribution in [0.5, 0.6) is 11.5 Å². The summed E-state index contributed by atoms with van der Waals surface area (Å²) in [5.41, 5.74) is 1.64. The zero-order valence-electron chi connectivity index (χ0n) is 16.0. The van der Waals surface area contributed by atoms with E-state index < -0.39 is 0 Å². The number of amides is 2. The van der Waals surface area contributed by atoms with Crippen molar-refractivity contribution < 1.29 is 19.1 Å². The van der Waals surface area contributed by atoms with Gasteiger partial charge in [-0.2, -0.15) is 0 Å². The molecule has 0 atom stereocenters. The molecule has 6 heteroatoms. The van der Waals surface area contributed by atoms with Crippen molar-refractivity contribution in [1.82, 2.24) is 4.90 Å². The topological polar surface area (TPSA) is 67.9 Å². The van der Waals surface area contributed by atoms with Crippen molar-refractivity contribution in [3.8, 4) is 11.5 Å². The highest BCUT2D eigenvalue weighted by Crippen LogP contribution is 2.23. The summed E-state index contributed by atoms with van der Waals surface area (Å²) < 4.78 is 10.7. The Bertz CT molecular complexity index is 776. The van der Waals surface area contributed by atoms with E-state index in [9.17, 15) is 9.59 Å². The van der Waals surface area contributed by atoms with Crippen molar-refractivity contribution in [2.24, 2.45) is 0 Å². The number of ether oxygens (including phenoxy) is 2. The van der Waals surface area contributed by atoms with Gasteiger partial charge in [-0.1, -0.05) is 24.3 Å². The summed E-state index contributed by atoms with van der Waals surface area (Å²) in [5.74, 6) is 0.973. The molecule has 27 heavy (non-hydrogen) atoms. The Kier molecular flexibility index (Phi) is 7.67. The van der Waals surface area contributed by atoms with Gasteiger partial charge in [0.25, 0.3) is 0 Å². The van der Waals surface area contributed by atoms with Gasteiger partial charge in [-0.05, 0) is 43.2 Å². The Morgan fingerprint density at radius 3 is 2.59 bits per heavy atom. The minimum atomic E-state index is -0.261. The van der Waals surface area contributed by atoms with Gasteiger partial charge in [-0.25, -0.2) is 0 Å². The Hall–Kier alpha value is -3.02. The van der Waals surface area contributed by atoms with Crippen LogP contribution < -0.4 is 14.8 Å². The maximum absolute atomic E-state index is 12.4. The van der Waals surface area contributed by atoms with Gasteiger partial charge in [0.1, 0.15) is 11.5 Å². The van der Waals surface area contributed by atoms with Crippen molar-refractivity contribution in [3.05, 3.63) is 54.1 Å². The van der Waals surface area contributed by atoms with Gasteiger partial charge in [-0.3, -0.25) is 9.59 Å². The summed E-state index contributed by atoms with van der Waals surface area (Å²) in [5, 5.41) is 2.82. The first-order valence-corrected chi connectivity index (χ1v) is 8.93. The lowest BCUT2D eigenvalue weighted by atomic mass is 10.1. The lowest BCUT2D eigenvalue weighted by Gasteiger charge is -2.21. The minimum absolute atomic E-state index is 0.0141. The van der Waals surface area contributed by atoms with E-state index in [0.717, 1.165) is 11.3 Å². The number of para-hydroxylation sites is 2. The molecule has 0 saturated heterocycles. The molecule has 0 radical (unpaired) electrons. The molecule has 0 heterocycles. The summed E-state index contributed by atoms with van der Waals surface area (Å²) in [6, 6.07) is 14.9. The number of carbonyl (C=O) groups excluding carboxylic acids is 2. The van der Waals surface area contributed by atoms with Gasteiger partial charge in [0.15, 0.2) is 0 Å². The first-order chi connectivity index (χ1) is 13.0. The minimum Gasteiger partial charge on any atom is -0.497 e. The first-order valence-electron chi connectivity index (χ1n) is 8.93. The molecular weight excluding hydrogens is 344 g/mol. The standard InChI is InChI=1S/C21H26N2O4/c1-4-27-20-11-6-5-10-19(20)22-21(25)15-23(16(2)24)13-12-17-8-7-9-18(14-17)26-3/h5-11,14H,4,12-13,15H2,1-3H3,(H,22,25). The highest BCUT2D eigenvalue weighted by atomic mass is 16.5. The SMILES string of the molecule is CCOc1ccccc1NC(=O)CN(CCc1cccc(OC)c1)C(C)=O. The van der Waals surface area contributed by atoms with E-state index in [2.05, 4.69) is 5.32 Å². The molecule has 0 saturated carbocycles. The Labute approximate surface area is 160 Å². The fraction of sp³-hybridized carbons (Fsp3) is 0.333. The van der Waals surface area contributed by atoms with Gasteiger partial charge >= 0.3 is 0 Å². The number of nitrogens with zero attached hydrogens (tertiary/aromatic N) is 1. The van der Waals surface area contributed by atoms with Gasteiger partial charge in [0.05, 0.1) is 25.9 Å². The van der Waals surface area contributed by atoms with Crippen LogP contribution in [0.4, 0.5) is 5.69 Å². The van der Waals surface area contributed by atoms with Crippen LogP contribution in [-0.4, -0.2) is 43.5 Å². The summed E-state index contributed by atoms with van der Waals surface area (Å²) in [6.45, 7) is 4.29. The van der Waals surface area contributed by atoms with Gasteiger partial charge in [0.2, 0.25) is 11.8 Å². The number of benzene rings is 2. The molecule has 0 fully saturated rings. The monoisotopic (exact) mass is 370 g/mol. The molecule has 144 valence electrons. The first kappa shape index (κ1) is 20.3. The molecule has 2 aromatic carbocycles. The highest BCUT2D eigenvalue weighted by molar-refractivity contribution is 5.95. The van der Waals surface area contributed by atoms with Gasteiger partial charge in [-0.15, -0.1) is 0 Å². The van der Waals surface area contributed by atoms with E-state index in [1.807, 2.05) is 43.3 Å². The Morgan fingerprint density at radius 2 is 1.89 bits per heavy atom. The van der Waals surface area contributed by atoms with Gasteiger partial charge in [0, 0.05) is 13.5 Å². The van der Waals surface area contributed by atoms with Crippen LogP contribution in [0, 0.1) is 0 Å². The molecule has 0 aromatic heterocycles. The molecule has 0 aliphatic carbocycles. The van der Waals surface area contributed by atoms with E-state index in [1.54, 1.807) is 19.2 Å². The van der Waals surface area contributed by atoms with Crippen LogP contribution in [0.2, 0.25) is 0 Å². The molecule has 0 bridgehead atoms. The number of carbonyl (C=O) groups is 2. The van der Waals surface area contributed by atoms with Crippen molar-refractivity contribution in [2.75, 3.05) is 32.1 Å². The molecule has 0 unspecified atom stereocenters. The molecule has 2 amide bonds. The molecule has 2 aromatic rings. The van der Waals surface area contributed by atoms with Crippen molar-refractivity contribution in [3.63, 3.8) is 0 Å². The van der Waals surface area contributed by atoms with E-state index >= 15 is 0 Å². The van der Waals surface area contributed by atoms with Crippen molar-refractivity contribution in [2.45, 2.75) is 20.3 Å². The molecule has 1 N–H and O–H groups in total. The second-order valence-electron chi connectivity index (χ2n) is 6.02. The number of nitrogens with one attached hydrogen (secondary N) is 1. The van der Waals surface area contributed by atoms with Crippen LogP contribution in [0.15, 0.2) is 48.5 Å². The predicted octanol–water partition coefficient (Wildman–Crippen LogP) is 3.12. The molecule has 6 nitrogen and oxygen atoms in total. The van der Waals surface area contributed by atoms with E-state index in [4.69, 9.17) is 9.47 Å². The zero-order valence-corrected chi connectivity index (χ0v) is 16.0. The molecule has 0 aliphatic rings. The summed E-state index contributed by atoms with van der Waals surface area (Å²) >= 11 is 0. The smallest absolute Gasteiger partial charge is 0.244 e. The quantitative estimate of drug-likeness (QED) is 0.736.